The fourth-order valence-electron chi connectivity index (χ4n) is 12.0. The summed E-state index contributed by atoms with van der Waals surface area (Å²) < 4.78 is 0. The van der Waals surface area contributed by atoms with Gasteiger partial charge in [-0.15, -0.1) is 0 Å². The van der Waals surface area contributed by atoms with Gasteiger partial charge in [0.25, 0.3) is 0 Å². The lowest BCUT2D eigenvalue weighted by Gasteiger charge is -2.20. The van der Waals surface area contributed by atoms with Crippen molar-refractivity contribution in [2.75, 3.05) is 6.61 Å². The summed E-state index contributed by atoms with van der Waals surface area (Å²) in [6.07, 6.45) is 93.3. The van der Waals surface area contributed by atoms with Gasteiger partial charge in [0.2, 0.25) is 5.91 Å². The van der Waals surface area contributed by atoms with E-state index < -0.39 is 12.1 Å². The van der Waals surface area contributed by atoms with E-state index in [4.69, 9.17) is 0 Å². The first-order chi connectivity index (χ1) is 38.2. The smallest absolute Gasteiger partial charge is 0.220 e. The molecule has 0 saturated carbocycles. The maximum Gasteiger partial charge on any atom is 0.220 e. The number of aliphatic hydroxyl groups excluding tert-OH is 2. The van der Waals surface area contributed by atoms with Gasteiger partial charge in [-0.05, 0) is 19.3 Å². The molecule has 0 radical (unpaired) electrons. The van der Waals surface area contributed by atoms with Crippen molar-refractivity contribution in [3.05, 3.63) is 12.2 Å². The van der Waals surface area contributed by atoms with Gasteiger partial charge in [0.15, 0.2) is 0 Å². The van der Waals surface area contributed by atoms with Crippen molar-refractivity contribution in [1.29, 1.82) is 0 Å². The average molecular weight is 1080 g/mol. The minimum atomic E-state index is -0.837. The highest BCUT2D eigenvalue weighted by Crippen LogP contribution is 2.20. The molecule has 0 aromatic heterocycles. The van der Waals surface area contributed by atoms with E-state index >= 15 is 0 Å². The van der Waals surface area contributed by atoms with Gasteiger partial charge in [-0.25, -0.2) is 0 Å². The maximum atomic E-state index is 12.5. The van der Waals surface area contributed by atoms with Crippen molar-refractivity contribution in [3.63, 3.8) is 0 Å². The number of allylic oxidation sites excluding steroid dienone is 1. The number of aliphatic hydroxyl groups is 2. The molecule has 2 atom stereocenters. The summed E-state index contributed by atoms with van der Waals surface area (Å²) in [4.78, 5) is 12.5. The third-order valence-corrected chi connectivity index (χ3v) is 17.5. The molecule has 0 aliphatic rings. The molecule has 0 spiro atoms. The van der Waals surface area contributed by atoms with Crippen LogP contribution in [0.25, 0.3) is 0 Å². The van der Waals surface area contributed by atoms with E-state index in [1.165, 1.54) is 385 Å². The van der Waals surface area contributed by atoms with E-state index in [0.717, 1.165) is 25.7 Å². The van der Waals surface area contributed by atoms with Gasteiger partial charge in [-0.1, -0.05) is 418 Å². The first kappa shape index (κ1) is 76.1. The quantitative estimate of drug-likeness (QED) is 0.0420. The zero-order valence-electron chi connectivity index (χ0n) is 53.3. The predicted octanol–water partition coefficient (Wildman–Crippen LogP) is 24.8. The van der Waals surface area contributed by atoms with Crippen LogP contribution in [0.15, 0.2) is 12.2 Å². The molecular weight excluding hydrogens is 939 g/mol. The van der Waals surface area contributed by atoms with Crippen molar-refractivity contribution in [3.8, 4) is 0 Å². The first-order valence-electron chi connectivity index (χ1n) is 36.4. The second-order valence-electron chi connectivity index (χ2n) is 25.4. The predicted molar refractivity (Wildman–Crippen MR) is 346 cm³/mol. The summed E-state index contributed by atoms with van der Waals surface area (Å²) >= 11 is 0. The fourth-order valence-corrected chi connectivity index (χ4v) is 12.0. The Bertz CT molecular complexity index is 1090. The Morgan fingerprint density at radius 1 is 0.299 bits per heavy atom. The lowest BCUT2D eigenvalue weighted by molar-refractivity contribution is -0.123. The van der Waals surface area contributed by atoms with Crippen LogP contribution in [0, 0.1) is 0 Å². The Morgan fingerprint density at radius 2 is 0.481 bits per heavy atom. The summed E-state index contributed by atoms with van der Waals surface area (Å²) in [7, 11) is 0. The largest absolute Gasteiger partial charge is 0.394 e. The molecule has 0 bridgehead atoms. The molecule has 3 N–H and O–H groups in total. The van der Waals surface area contributed by atoms with Gasteiger partial charge in [0.05, 0.1) is 18.8 Å². The highest BCUT2D eigenvalue weighted by Gasteiger charge is 2.18. The van der Waals surface area contributed by atoms with Gasteiger partial charge >= 0.3 is 0 Å². The normalized spacial score (nSPS) is 12.6. The van der Waals surface area contributed by atoms with Crippen molar-refractivity contribution >= 4 is 5.91 Å². The Hall–Kier alpha value is -0.870. The minimum absolute atomic E-state index is 0.0529. The van der Waals surface area contributed by atoms with Crippen LogP contribution in [-0.2, 0) is 4.79 Å². The maximum absolute atomic E-state index is 12.5. The standard InChI is InChI=1S/C73H145NO3/c1-3-5-7-9-11-13-15-17-19-21-23-25-27-29-30-31-32-33-34-35-36-37-38-39-40-41-42-43-44-45-47-49-51-53-55-57-59-61-63-65-67-69-73(77)74-71(70-75)72(76)68-66-64-62-60-58-56-54-52-50-48-46-28-26-24-22-20-18-16-14-12-10-8-6-4-2/h66,68,71-72,75-76H,3-65,67,69-70H2,1-2H3,(H,74,77)/b68-66+. The molecule has 2 unspecified atom stereocenters. The third kappa shape index (κ3) is 65.8. The second-order valence-corrected chi connectivity index (χ2v) is 25.4. The van der Waals surface area contributed by atoms with E-state index in [0.29, 0.717) is 6.42 Å². The Labute approximate surface area is 486 Å². The highest BCUT2D eigenvalue weighted by molar-refractivity contribution is 5.76. The van der Waals surface area contributed by atoms with Crippen molar-refractivity contribution in [2.45, 2.75) is 443 Å². The van der Waals surface area contributed by atoms with Gasteiger partial charge in [0.1, 0.15) is 0 Å². The number of amides is 1. The van der Waals surface area contributed by atoms with Crippen LogP contribution >= 0.6 is 0 Å². The highest BCUT2D eigenvalue weighted by atomic mass is 16.3. The summed E-state index contributed by atoms with van der Waals surface area (Å²) in [6.45, 7) is 4.37. The molecule has 4 heteroatoms. The number of carbonyl (C=O) groups excluding carboxylic acids is 1. The number of rotatable bonds is 69. The van der Waals surface area contributed by atoms with E-state index in [1.807, 2.05) is 6.08 Å². The first-order valence-corrected chi connectivity index (χ1v) is 36.4. The monoisotopic (exact) mass is 1080 g/mol. The molecule has 1 amide bonds. The van der Waals surface area contributed by atoms with Crippen molar-refractivity contribution in [2.24, 2.45) is 0 Å². The number of nitrogens with one attached hydrogen (secondary N) is 1. The SMILES string of the molecule is CCCCCCCCCCCCCCCCCCCCCCCC/C=C/C(O)C(CO)NC(=O)CCCCCCCCCCCCCCCCCCCCCCCCCCCCCCCCCCCCCCCCCCC. The van der Waals surface area contributed by atoms with Crippen LogP contribution in [0.3, 0.4) is 0 Å². The van der Waals surface area contributed by atoms with Crippen LogP contribution in [0.5, 0.6) is 0 Å². The Morgan fingerprint density at radius 3 is 0.675 bits per heavy atom. The zero-order chi connectivity index (χ0) is 55.5. The lowest BCUT2D eigenvalue weighted by Crippen LogP contribution is -2.45. The number of hydrogen-bond acceptors (Lipinski definition) is 3. The molecular formula is C73H145NO3. The lowest BCUT2D eigenvalue weighted by atomic mass is 10.0. The van der Waals surface area contributed by atoms with Gasteiger partial charge < -0.3 is 15.5 Å². The van der Waals surface area contributed by atoms with Gasteiger partial charge in [-0.3, -0.25) is 4.79 Å². The Balaban J connectivity index is 3.35. The summed E-state index contributed by atoms with van der Waals surface area (Å²) in [5, 5.41) is 23.3. The molecule has 0 saturated heterocycles. The van der Waals surface area contributed by atoms with E-state index in [-0.39, 0.29) is 12.5 Å². The van der Waals surface area contributed by atoms with Crippen molar-refractivity contribution in [1.82, 2.24) is 5.32 Å². The summed E-state index contributed by atoms with van der Waals surface area (Å²) in [6, 6.07) is -0.620. The number of unbranched alkanes of at least 4 members (excludes halogenated alkanes) is 62. The summed E-state index contributed by atoms with van der Waals surface area (Å²) in [5.41, 5.74) is 0. The molecule has 0 rings (SSSR count). The van der Waals surface area contributed by atoms with Crippen LogP contribution < -0.4 is 5.32 Å². The zero-order valence-corrected chi connectivity index (χ0v) is 53.3. The van der Waals surface area contributed by atoms with E-state index in [1.54, 1.807) is 6.08 Å². The minimum Gasteiger partial charge on any atom is -0.394 e. The molecule has 0 fully saturated rings. The van der Waals surface area contributed by atoms with Crippen LogP contribution in [0.1, 0.15) is 431 Å². The molecule has 460 valence electrons. The molecule has 4 nitrogen and oxygen atoms in total. The van der Waals surface area contributed by atoms with Crippen molar-refractivity contribution < 1.29 is 15.0 Å². The third-order valence-electron chi connectivity index (χ3n) is 17.5. The second kappa shape index (κ2) is 69.4. The average Bonchev–Trinajstić information content (AvgIpc) is 3.43. The molecule has 0 aliphatic heterocycles. The van der Waals surface area contributed by atoms with Crippen LogP contribution in [0.4, 0.5) is 0 Å². The molecule has 0 aliphatic carbocycles. The summed E-state index contributed by atoms with van der Waals surface area (Å²) in [5.74, 6) is -0.0529. The van der Waals surface area contributed by atoms with Gasteiger partial charge in [-0.2, -0.15) is 0 Å². The van der Waals surface area contributed by atoms with Crippen LogP contribution in [0.2, 0.25) is 0 Å². The molecule has 0 heterocycles. The van der Waals surface area contributed by atoms with E-state index in [2.05, 4.69) is 19.2 Å². The van der Waals surface area contributed by atoms with E-state index in [9.17, 15) is 15.0 Å². The molecule has 77 heavy (non-hydrogen) atoms. The fraction of sp³-hybridized carbons (Fsp3) is 0.959. The Kier molecular flexibility index (Phi) is 68.6. The topological polar surface area (TPSA) is 69.6 Å². The van der Waals surface area contributed by atoms with Gasteiger partial charge in [0, 0.05) is 6.42 Å². The molecule has 0 aromatic carbocycles. The number of carbonyl (C=O) groups is 1. The van der Waals surface area contributed by atoms with Crippen LogP contribution in [-0.4, -0.2) is 34.9 Å². The molecule has 0 aromatic rings. The number of hydrogen-bond donors (Lipinski definition) is 3.